The van der Waals surface area contributed by atoms with Gasteiger partial charge in [-0.1, -0.05) is 40.0 Å². The zero-order valence-electron chi connectivity index (χ0n) is 8.90. The lowest BCUT2D eigenvalue weighted by Gasteiger charge is -2.32. The lowest BCUT2D eigenvalue weighted by atomic mass is 9.74. The molecule has 0 N–H and O–H groups in total. The third-order valence-electron chi connectivity index (χ3n) is 3.15. The standard InChI is InChI=1S/C12H23/c1-12(2,3)11-9-7-5-4-6-8-10-11/h5,11H,4,6-10H2,1-3H3. The lowest BCUT2D eigenvalue weighted by Crippen LogP contribution is -2.21. The number of hydrogen-bond acceptors (Lipinski definition) is 0. The first-order valence-corrected chi connectivity index (χ1v) is 5.42. The smallest absolute Gasteiger partial charge is 0.0354 e. The Balaban J connectivity index is 2.40. The molecular weight excluding hydrogens is 144 g/mol. The molecule has 1 fully saturated rings. The molecule has 1 rings (SSSR count). The number of hydrogen-bond donors (Lipinski definition) is 0. The molecule has 0 aliphatic heterocycles. The Morgan fingerprint density at radius 2 is 1.75 bits per heavy atom. The summed E-state index contributed by atoms with van der Waals surface area (Å²) in [6.45, 7) is 7.16. The van der Waals surface area contributed by atoms with Crippen LogP contribution in [0.2, 0.25) is 0 Å². The zero-order valence-corrected chi connectivity index (χ0v) is 8.90. The third kappa shape index (κ3) is 3.16. The summed E-state index contributed by atoms with van der Waals surface area (Å²) >= 11 is 0. The molecule has 0 heterocycles. The van der Waals surface area contributed by atoms with Crippen LogP contribution in [-0.4, -0.2) is 0 Å². The van der Waals surface area contributed by atoms with E-state index in [-0.39, 0.29) is 0 Å². The lowest BCUT2D eigenvalue weighted by molar-refractivity contribution is 0.201. The first-order valence-electron chi connectivity index (χ1n) is 5.42. The predicted octanol–water partition coefficient (Wildman–Crippen LogP) is 4.21. The van der Waals surface area contributed by atoms with Crippen molar-refractivity contribution in [3.63, 3.8) is 0 Å². The second kappa shape index (κ2) is 4.30. The highest BCUT2D eigenvalue weighted by atomic mass is 14.3. The van der Waals surface area contributed by atoms with Crippen LogP contribution in [0.3, 0.4) is 0 Å². The van der Waals surface area contributed by atoms with Crippen LogP contribution in [0.15, 0.2) is 0 Å². The highest BCUT2D eigenvalue weighted by molar-refractivity contribution is 4.79. The molecule has 0 amide bonds. The van der Waals surface area contributed by atoms with Gasteiger partial charge in [-0.3, -0.25) is 0 Å². The Labute approximate surface area is 77.7 Å². The van der Waals surface area contributed by atoms with Crippen molar-refractivity contribution in [2.24, 2.45) is 11.3 Å². The molecule has 0 nitrogen and oxygen atoms in total. The van der Waals surface area contributed by atoms with Gasteiger partial charge < -0.3 is 0 Å². The van der Waals surface area contributed by atoms with E-state index in [1.54, 1.807) is 0 Å². The van der Waals surface area contributed by atoms with Crippen LogP contribution in [-0.2, 0) is 0 Å². The largest absolute Gasteiger partial charge is 0.0599 e. The molecule has 1 saturated carbocycles. The molecule has 1 unspecified atom stereocenters. The SMILES string of the molecule is CC(C)(C)C1CC[CH]CCCC1. The van der Waals surface area contributed by atoms with Gasteiger partial charge in [0, 0.05) is 0 Å². The van der Waals surface area contributed by atoms with E-state index < -0.39 is 0 Å². The Hall–Kier alpha value is 0. The summed E-state index contributed by atoms with van der Waals surface area (Å²) in [6.07, 6.45) is 10.9. The van der Waals surface area contributed by atoms with E-state index in [9.17, 15) is 0 Å². The van der Waals surface area contributed by atoms with E-state index in [4.69, 9.17) is 0 Å². The summed E-state index contributed by atoms with van der Waals surface area (Å²) in [6, 6.07) is 0. The van der Waals surface area contributed by atoms with E-state index in [0.717, 1.165) is 5.92 Å². The molecule has 0 spiro atoms. The van der Waals surface area contributed by atoms with Gasteiger partial charge in [0.05, 0.1) is 0 Å². The Morgan fingerprint density at radius 1 is 1.00 bits per heavy atom. The van der Waals surface area contributed by atoms with Gasteiger partial charge in [-0.25, -0.2) is 0 Å². The first kappa shape index (κ1) is 10.1. The Kier molecular flexibility index (Phi) is 3.61. The summed E-state index contributed by atoms with van der Waals surface area (Å²) in [7, 11) is 0. The van der Waals surface area contributed by atoms with Gasteiger partial charge >= 0.3 is 0 Å². The minimum absolute atomic E-state index is 0.533. The van der Waals surface area contributed by atoms with Crippen molar-refractivity contribution in [1.29, 1.82) is 0 Å². The van der Waals surface area contributed by atoms with Crippen LogP contribution in [0.25, 0.3) is 0 Å². The maximum Gasteiger partial charge on any atom is -0.0354 e. The third-order valence-corrected chi connectivity index (χ3v) is 3.15. The van der Waals surface area contributed by atoms with Crippen molar-refractivity contribution in [2.45, 2.75) is 59.3 Å². The van der Waals surface area contributed by atoms with E-state index in [0.29, 0.717) is 5.41 Å². The summed E-state index contributed by atoms with van der Waals surface area (Å²) < 4.78 is 0. The minimum Gasteiger partial charge on any atom is -0.0599 e. The normalized spacial score (nSPS) is 23.2. The van der Waals surface area contributed by atoms with Crippen molar-refractivity contribution in [1.82, 2.24) is 0 Å². The minimum atomic E-state index is 0.533. The monoisotopic (exact) mass is 167 g/mol. The second-order valence-corrected chi connectivity index (χ2v) is 5.21. The van der Waals surface area contributed by atoms with Crippen LogP contribution in [0.4, 0.5) is 0 Å². The summed E-state index contributed by atoms with van der Waals surface area (Å²) in [5.74, 6) is 0.953. The fourth-order valence-corrected chi connectivity index (χ4v) is 2.15. The number of rotatable bonds is 0. The van der Waals surface area contributed by atoms with Crippen LogP contribution >= 0.6 is 0 Å². The van der Waals surface area contributed by atoms with Gasteiger partial charge in [0.1, 0.15) is 0 Å². The average Bonchev–Trinajstić information content (AvgIpc) is 1.81. The molecule has 0 aromatic rings. The van der Waals surface area contributed by atoms with Crippen LogP contribution < -0.4 is 0 Å². The van der Waals surface area contributed by atoms with E-state index in [1.165, 1.54) is 38.5 Å². The van der Waals surface area contributed by atoms with Crippen molar-refractivity contribution in [2.75, 3.05) is 0 Å². The molecule has 1 aliphatic rings. The molecule has 0 saturated heterocycles. The molecule has 1 radical (unpaired) electrons. The predicted molar refractivity (Wildman–Crippen MR) is 54.9 cm³/mol. The summed E-state index contributed by atoms with van der Waals surface area (Å²) in [5, 5.41) is 0. The molecule has 0 heteroatoms. The van der Waals surface area contributed by atoms with Gasteiger partial charge in [0.25, 0.3) is 0 Å². The van der Waals surface area contributed by atoms with Crippen LogP contribution in [0.5, 0.6) is 0 Å². The molecule has 0 aromatic carbocycles. The average molecular weight is 167 g/mol. The molecule has 0 bridgehead atoms. The molecule has 1 aliphatic carbocycles. The molecular formula is C12H23. The summed E-state index contributed by atoms with van der Waals surface area (Å²) in [4.78, 5) is 0. The highest BCUT2D eigenvalue weighted by Gasteiger charge is 2.24. The van der Waals surface area contributed by atoms with Crippen LogP contribution in [0.1, 0.15) is 59.3 Å². The van der Waals surface area contributed by atoms with Gasteiger partial charge in [0.15, 0.2) is 0 Å². The Bertz CT molecular complexity index is 110. The summed E-state index contributed by atoms with van der Waals surface area (Å²) in [5.41, 5.74) is 0.533. The molecule has 1 atom stereocenters. The van der Waals surface area contributed by atoms with Crippen molar-refractivity contribution in [3.8, 4) is 0 Å². The topological polar surface area (TPSA) is 0 Å². The van der Waals surface area contributed by atoms with Crippen LogP contribution in [0, 0.1) is 17.8 Å². The zero-order chi connectivity index (χ0) is 9.03. The molecule has 0 aromatic heterocycles. The van der Waals surface area contributed by atoms with Gasteiger partial charge in [-0.05, 0) is 37.0 Å². The second-order valence-electron chi connectivity index (χ2n) is 5.21. The molecule has 12 heavy (non-hydrogen) atoms. The van der Waals surface area contributed by atoms with E-state index in [2.05, 4.69) is 27.2 Å². The van der Waals surface area contributed by atoms with Gasteiger partial charge in [-0.2, -0.15) is 0 Å². The maximum atomic E-state index is 2.48. The van der Waals surface area contributed by atoms with Gasteiger partial charge in [-0.15, -0.1) is 0 Å². The Morgan fingerprint density at radius 3 is 2.42 bits per heavy atom. The van der Waals surface area contributed by atoms with Crippen molar-refractivity contribution in [3.05, 3.63) is 6.42 Å². The van der Waals surface area contributed by atoms with E-state index in [1.807, 2.05) is 0 Å². The van der Waals surface area contributed by atoms with E-state index >= 15 is 0 Å². The van der Waals surface area contributed by atoms with Gasteiger partial charge in [0.2, 0.25) is 0 Å². The maximum absolute atomic E-state index is 2.48. The molecule has 71 valence electrons. The quantitative estimate of drug-likeness (QED) is 0.507. The highest BCUT2D eigenvalue weighted by Crippen LogP contribution is 2.35. The fourth-order valence-electron chi connectivity index (χ4n) is 2.15. The van der Waals surface area contributed by atoms with Crippen molar-refractivity contribution < 1.29 is 0 Å². The first-order chi connectivity index (χ1) is 5.61. The van der Waals surface area contributed by atoms with Crippen molar-refractivity contribution >= 4 is 0 Å². The fraction of sp³-hybridized carbons (Fsp3) is 0.917.